The molecule has 2 N–H and O–H groups in total. The highest BCUT2D eigenvalue weighted by molar-refractivity contribution is 7.22. The Morgan fingerprint density at radius 2 is 1.82 bits per heavy atom. The number of ether oxygens (including phenoxy) is 1. The average molecular weight is 537 g/mol. The molecule has 2 heterocycles. The van der Waals surface area contributed by atoms with Crippen molar-refractivity contribution in [1.29, 1.82) is 0 Å². The number of unbranched alkanes of at least 4 members (excludes halogenated alkanes) is 1. The summed E-state index contributed by atoms with van der Waals surface area (Å²) in [5.41, 5.74) is 1.53. The van der Waals surface area contributed by atoms with Gasteiger partial charge < -0.3 is 20.3 Å². The molecular formula is C29H36N4O4S. The van der Waals surface area contributed by atoms with E-state index in [-0.39, 0.29) is 11.5 Å². The summed E-state index contributed by atoms with van der Waals surface area (Å²) in [6.07, 6.45) is 0.799. The number of anilines is 1. The van der Waals surface area contributed by atoms with Crippen molar-refractivity contribution in [3.63, 3.8) is 0 Å². The molecule has 0 spiro atoms. The van der Waals surface area contributed by atoms with Gasteiger partial charge in [-0.05, 0) is 31.0 Å². The summed E-state index contributed by atoms with van der Waals surface area (Å²) >= 11 is 1.62. The number of amides is 2. The average Bonchev–Trinajstić information content (AvgIpc) is 3.46. The molecule has 0 bridgehead atoms. The first-order valence-corrected chi connectivity index (χ1v) is 14.0. The van der Waals surface area contributed by atoms with Crippen molar-refractivity contribution >= 4 is 44.5 Å². The van der Waals surface area contributed by atoms with E-state index in [1.807, 2.05) is 68.4 Å². The third-order valence-electron chi connectivity index (χ3n) is 6.98. The van der Waals surface area contributed by atoms with Crippen LogP contribution in [0.3, 0.4) is 0 Å². The number of Topliss-reactive ketones (excluding diaryl/α,β-unsaturated/α-hetero) is 1. The molecule has 1 aromatic heterocycles. The second kappa shape index (κ2) is 11.9. The van der Waals surface area contributed by atoms with E-state index in [0.29, 0.717) is 25.9 Å². The zero-order valence-electron chi connectivity index (χ0n) is 22.4. The highest BCUT2D eigenvalue weighted by Crippen LogP contribution is 2.38. The van der Waals surface area contributed by atoms with Gasteiger partial charge in [0.15, 0.2) is 5.13 Å². The number of rotatable bonds is 10. The van der Waals surface area contributed by atoms with Crippen LogP contribution in [0.4, 0.5) is 9.93 Å². The number of aromatic nitrogens is 1. The molecule has 9 heteroatoms. The number of alkyl carbamates (subject to hydrolysis) is 1. The first-order valence-electron chi connectivity index (χ1n) is 13.1. The minimum absolute atomic E-state index is 0.319. The number of fused-ring (bicyclic) bond motifs is 1. The number of hydrogen-bond donors (Lipinski definition) is 2. The molecule has 4 rings (SSSR count). The van der Waals surface area contributed by atoms with Crippen LogP contribution in [0.2, 0.25) is 0 Å². The van der Waals surface area contributed by atoms with E-state index in [1.54, 1.807) is 11.3 Å². The standard InChI is InChI=1S/C29H36N4O4S/c1-5-6-14-22(25(34)26(35)30-19(2)20-12-8-7-9-13-20)32-28(36)37-24-17-33(18-29(24,3)4)27-31-21-15-10-11-16-23(21)38-27/h7-13,15-16,19,22,24H,5-6,14,17-18H2,1-4H3,(H,30,35)(H,32,36)/t19-,22+,24-/m1/s1. The van der Waals surface area contributed by atoms with Crippen LogP contribution in [-0.2, 0) is 14.3 Å². The smallest absolute Gasteiger partial charge is 0.408 e. The summed E-state index contributed by atoms with van der Waals surface area (Å²) < 4.78 is 6.96. The molecule has 2 aromatic carbocycles. The Kier molecular flexibility index (Phi) is 8.66. The minimum atomic E-state index is -0.949. The Labute approximate surface area is 227 Å². The summed E-state index contributed by atoms with van der Waals surface area (Å²) in [4.78, 5) is 45.7. The number of nitrogens with one attached hydrogen (secondary N) is 2. The highest BCUT2D eigenvalue weighted by atomic mass is 32.1. The fourth-order valence-corrected chi connectivity index (χ4v) is 5.65. The molecule has 202 valence electrons. The number of nitrogens with zero attached hydrogens (tertiary/aromatic N) is 2. The number of ketones is 1. The van der Waals surface area contributed by atoms with E-state index < -0.39 is 29.9 Å². The lowest BCUT2D eigenvalue weighted by Crippen LogP contribution is -2.49. The number of thiazole rings is 1. The molecule has 0 radical (unpaired) electrons. The molecule has 3 aromatic rings. The van der Waals surface area contributed by atoms with E-state index in [0.717, 1.165) is 27.3 Å². The molecule has 2 amide bonds. The second-order valence-corrected chi connectivity index (χ2v) is 11.5. The Balaban J connectivity index is 1.38. The number of carbonyl (C=O) groups is 3. The molecule has 1 saturated heterocycles. The van der Waals surface area contributed by atoms with Gasteiger partial charge in [-0.25, -0.2) is 9.78 Å². The Bertz CT molecular complexity index is 1240. The van der Waals surface area contributed by atoms with Crippen molar-refractivity contribution in [3.8, 4) is 0 Å². The summed E-state index contributed by atoms with van der Waals surface area (Å²) in [7, 11) is 0. The predicted octanol–water partition coefficient (Wildman–Crippen LogP) is 5.24. The van der Waals surface area contributed by atoms with Gasteiger partial charge in [-0.2, -0.15) is 0 Å². The van der Waals surface area contributed by atoms with Gasteiger partial charge in [0, 0.05) is 12.0 Å². The topological polar surface area (TPSA) is 101 Å². The second-order valence-electron chi connectivity index (χ2n) is 10.5. The van der Waals surface area contributed by atoms with Crippen LogP contribution in [-0.4, -0.2) is 48.0 Å². The zero-order valence-corrected chi connectivity index (χ0v) is 23.2. The molecule has 38 heavy (non-hydrogen) atoms. The van der Waals surface area contributed by atoms with Crippen LogP contribution >= 0.6 is 11.3 Å². The predicted molar refractivity (Wildman–Crippen MR) is 150 cm³/mol. The monoisotopic (exact) mass is 536 g/mol. The molecule has 1 aliphatic rings. The van der Waals surface area contributed by atoms with Gasteiger partial charge in [-0.15, -0.1) is 0 Å². The zero-order chi connectivity index (χ0) is 27.3. The van der Waals surface area contributed by atoms with Crippen molar-refractivity contribution in [2.45, 2.75) is 65.1 Å². The van der Waals surface area contributed by atoms with Gasteiger partial charge >= 0.3 is 6.09 Å². The first kappa shape index (κ1) is 27.6. The third-order valence-corrected chi connectivity index (χ3v) is 8.08. The summed E-state index contributed by atoms with van der Waals surface area (Å²) in [6, 6.07) is 16.1. The van der Waals surface area contributed by atoms with Crippen LogP contribution in [0.5, 0.6) is 0 Å². The first-order chi connectivity index (χ1) is 18.2. The molecule has 1 fully saturated rings. The van der Waals surface area contributed by atoms with E-state index in [9.17, 15) is 14.4 Å². The van der Waals surface area contributed by atoms with Crippen LogP contribution < -0.4 is 15.5 Å². The molecule has 3 atom stereocenters. The Hall–Kier alpha value is -3.46. The summed E-state index contributed by atoms with van der Waals surface area (Å²) in [5, 5.41) is 6.33. The lowest BCUT2D eigenvalue weighted by atomic mass is 9.90. The fraction of sp³-hybridized carbons (Fsp3) is 0.448. The Morgan fingerprint density at radius 1 is 1.11 bits per heavy atom. The largest absolute Gasteiger partial charge is 0.444 e. The van der Waals surface area contributed by atoms with Gasteiger partial charge in [0.1, 0.15) is 12.1 Å². The maximum atomic E-state index is 13.0. The minimum Gasteiger partial charge on any atom is -0.444 e. The molecular weight excluding hydrogens is 500 g/mol. The summed E-state index contributed by atoms with van der Waals surface area (Å²) in [5.74, 6) is -1.38. The van der Waals surface area contributed by atoms with Crippen molar-refractivity contribution in [2.24, 2.45) is 5.41 Å². The molecule has 1 aliphatic heterocycles. The van der Waals surface area contributed by atoms with E-state index >= 15 is 0 Å². The SMILES string of the molecule is CCCC[C@H](NC(=O)O[C@@H]1CN(c2nc3ccccc3s2)CC1(C)C)C(=O)C(=O)N[C@H](C)c1ccccc1. The van der Waals surface area contributed by atoms with Gasteiger partial charge in [-0.3, -0.25) is 9.59 Å². The van der Waals surface area contributed by atoms with Crippen molar-refractivity contribution in [1.82, 2.24) is 15.6 Å². The van der Waals surface area contributed by atoms with Gasteiger partial charge in [0.05, 0.1) is 22.8 Å². The quantitative estimate of drug-likeness (QED) is 0.344. The lowest BCUT2D eigenvalue weighted by molar-refractivity contribution is -0.139. The van der Waals surface area contributed by atoms with E-state index in [2.05, 4.69) is 29.4 Å². The molecule has 8 nitrogen and oxygen atoms in total. The summed E-state index contributed by atoms with van der Waals surface area (Å²) in [6.45, 7) is 9.11. The number of carbonyl (C=O) groups excluding carboxylic acids is 3. The normalized spacial score (nSPS) is 18.1. The maximum absolute atomic E-state index is 13.0. The highest BCUT2D eigenvalue weighted by Gasteiger charge is 2.43. The maximum Gasteiger partial charge on any atom is 0.408 e. The van der Waals surface area contributed by atoms with E-state index in [1.165, 1.54) is 0 Å². The number of benzene rings is 2. The van der Waals surface area contributed by atoms with Crippen LogP contribution in [0.1, 0.15) is 58.6 Å². The van der Waals surface area contributed by atoms with Crippen molar-refractivity contribution < 1.29 is 19.1 Å². The molecule has 0 saturated carbocycles. The third kappa shape index (κ3) is 6.51. The van der Waals surface area contributed by atoms with E-state index in [4.69, 9.17) is 9.72 Å². The fourth-order valence-electron chi connectivity index (χ4n) is 4.68. The molecule has 0 unspecified atom stereocenters. The number of hydrogen-bond acceptors (Lipinski definition) is 7. The van der Waals surface area contributed by atoms with Gasteiger partial charge in [0.25, 0.3) is 5.91 Å². The van der Waals surface area contributed by atoms with Crippen LogP contribution in [0.25, 0.3) is 10.2 Å². The van der Waals surface area contributed by atoms with Crippen molar-refractivity contribution in [2.75, 3.05) is 18.0 Å². The Morgan fingerprint density at radius 3 is 2.53 bits per heavy atom. The number of para-hydroxylation sites is 1. The molecule has 0 aliphatic carbocycles. The van der Waals surface area contributed by atoms with Crippen LogP contribution in [0, 0.1) is 5.41 Å². The van der Waals surface area contributed by atoms with Crippen molar-refractivity contribution in [3.05, 3.63) is 60.2 Å². The lowest BCUT2D eigenvalue weighted by Gasteiger charge is -2.26. The van der Waals surface area contributed by atoms with Gasteiger partial charge in [0.2, 0.25) is 5.78 Å². The van der Waals surface area contributed by atoms with Crippen LogP contribution in [0.15, 0.2) is 54.6 Å². The van der Waals surface area contributed by atoms with Gasteiger partial charge in [-0.1, -0.05) is 87.4 Å².